The van der Waals surface area contributed by atoms with Crippen LogP contribution < -0.4 is 5.32 Å². The first-order valence-corrected chi connectivity index (χ1v) is 4.77. The van der Waals surface area contributed by atoms with Gasteiger partial charge in [-0.1, -0.05) is 0 Å². The van der Waals surface area contributed by atoms with Crippen molar-refractivity contribution in [2.75, 3.05) is 33.7 Å². The highest BCUT2D eigenvalue weighted by Gasteiger charge is 2.08. The molecule has 4 heteroatoms. The zero-order valence-electron chi connectivity index (χ0n) is 8.73. The second-order valence-electron chi connectivity index (χ2n) is 3.54. The molecule has 1 rings (SSSR count). The summed E-state index contributed by atoms with van der Waals surface area (Å²) in [4.78, 5) is 2.09. The minimum Gasteiger partial charge on any atom is -0.467 e. The van der Waals surface area contributed by atoms with Crippen LogP contribution >= 0.6 is 0 Å². The molecule has 0 saturated heterocycles. The second-order valence-corrected chi connectivity index (χ2v) is 3.54. The number of hydrogen-bond donors (Lipinski definition) is 2. The van der Waals surface area contributed by atoms with E-state index in [0.717, 1.165) is 13.1 Å². The van der Waals surface area contributed by atoms with Gasteiger partial charge in [0.1, 0.15) is 11.9 Å². The third-order valence-corrected chi connectivity index (χ3v) is 1.95. The molecule has 1 atom stereocenters. The van der Waals surface area contributed by atoms with Gasteiger partial charge < -0.3 is 19.7 Å². The topological polar surface area (TPSA) is 48.6 Å². The third kappa shape index (κ3) is 3.91. The fourth-order valence-electron chi connectivity index (χ4n) is 1.12. The van der Waals surface area contributed by atoms with Crippen LogP contribution in [0, 0.1) is 0 Å². The van der Waals surface area contributed by atoms with Gasteiger partial charge in [-0.2, -0.15) is 0 Å². The summed E-state index contributed by atoms with van der Waals surface area (Å²) in [5.41, 5.74) is 0. The van der Waals surface area contributed by atoms with E-state index < -0.39 is 6.10 Å². The third-order valence-electron chi connectivity index (χ3n) is 1.95. The fraction of sp³-hybridized carbons (Fsp3) is 0.600. The van der Waals surface area contributed by atoms with E-state index in [9.17, 15) is 5.11 Å². The highest BCUT2D eigenvalue weighted by molar-refractivity contribution is 5.01. The first-order chi connectivity index (χ1) is 6.70. The molecular formula is C10H18N2O2. The molecule has 0 amide bonds. The van der Waals surface area contributed by atoms with Gasteiger partial charge >= 0.3 is 0 Å². The molecule has 1 unspecified atom stereocenters. The Balaban J connectivity index is 2.13. The van der Waals surface area contributed by atoms with Crippen molar-refractivity contribution < 1.29 is 9.52 Å². The second kappa shape index (κ2) is 5.80. The molecule has 4 nitrogen and oxygen atoms in total. The van der Waals surface area contributed by atoms with Crippen LogP contribution in [0.15, 0.2) is 22.8 Å². The van der Waals surface area contributed by atoms with E-state index in [4.69, 9.17) is 4.42 Å². The summed E-state index contributed by atoms with van der Waals surface area (Å²) in [6.45, 7) is 2.36. The van der Waals surface area contributed by atoms with E-state index in [0.29, 0.717) is 12.3 Å². The smallest absolute Gasteiger partial charge is 0.133 e. The predicted octanol–water partition coefficient (Wildman–Crippen LogP) is 0.464. The lowest BCUT2D eigenvalue weighted by atomic mass is 10.3. The SMILES string of the molecule is CN(C)CCNCC(O)c1ccco1. The molecule has 80 valence electrons. The van der Waals surface area contributed by atoms with E-state index in [1.165, 1.54) is 0 Å². The molecule has 1 aromatic heterocycles. The average Bonchev–Trinajstić information content (AvgIpc) is 2.64. The normalized spacial score (nSPS) is 13.4. The molecule has 1 aromatic rings. The molecule has 0 aliphatic heterocycles. The lowest BCUT2D eigenvalue weighted by molar-refractivity contribution is 0.147. The zero-order chi connectivity index (χ0) is 10.4. The minimum absolute atomic E-state index is 0.529. The summed E-state index contributed by atoms with van der Waals surface area (Å²) < 4.78 is 5.07. The molecule has 0 aliphatic carbocycles. The molecule has 0 bridgehead atoms. The Labute approximate surface area is 84.5 Å². The van der Waals surface area contributed by atoms with Crippen molar-refractivity contribution in [2.45, 2.75) is 6.10 Å². The first kappa shape index (κ1) is 11.2. The van der Waals surface area contributed by atoms with Crippen LogP contribution in [0.1, 0.15) is 11.9 Å². The Morgan fingerprint density at radius 2 is 2.36 bits per heavy atom. The monoisotopic (exact) mass is 198 g/mol. The lowest BCUT2D eigenvalue weighted by Gasteiger charge is -2.12. The maximum atomic E-state index is 9.60. The van der Waals surface area contributed by atoms with Gasteiger partial charge in [0.25, 0.3) is 0 Å². The van der Waals surface area contributed by atoms with Gasteiger partial charge in [-0.15, -0.1) is 0 Å². The Bertz CT molecular complexity index is 234. The van der Waals surface area contributed by atoms with Gasteiger partial charge in [0.15, 0.2) is 0 Å². The summed E-state index contributed by atoms with van der Waals surface area (Å²) >= 11 is 0. The molecule has 0 aliphatic rings. The van der Waals surface area contributed by atoms with E-state index in [2.05, 4.69) is 10.2 Å². The van der Waals surface area contributed by atoms with Gasteiger partial charge in [-0.05, 0) is 26.2 Å². The highest BCUT2D eigenvalue weighted by atomic mass is 16.4. The van der Waals surface area contributed by atoms with E-state index in [1.54, 1.807) is 18.4 Å². The van der Waals surface area contributed by atoms with Gasteiger partial charge in [0, 0.05) is 19.6 Å². The maximum Gasteiger partial charge on any atom is 0.133 e. The van der Waals surface area contributed by atoms with E-state index in [-0.39, 0.29) is 0 Å². The number of rotatable bonds is 6. The lowest BCUT2D eigenvalue weighted by Crippen LogP contribution is -2.29. The molecule has 0 fully saturated rings. The minimum atomic E-state index is -0.549. The molecule has 14 heavy (non-hydrogen) atoms. The number of likely N-dealkylation sites (N-methyl/N-ethyl adjacent to an activating group) is 1. The van der Waals surface area contributed by atoms with Crippen molar-refractivity contribution in [3.05, 3.63) is 24.2 Å². The van der Waals surface area contributed by atoms with Crippen molar-refractivity contribution in [1.29, 1.82) is 0 Å². The van der Waals surface area contributed by atoms with Crippen LogP contribution in [0.4, 0.5) is 0 Å². The Morgan fingerprint density at radius 1 is 1.57 bits per heavy atom. The standard InChI is InChI=1S/C10H18N2O2/c1-12(2)6-5-11-8-9(13)10-4-3-7-14-10/h3-4,7,9,11,13H,5-6,8H2,1-2H3. The first-order valence-electron chi connectivity index (χ1n) is 4.77. The molecule has 1 heterocycles. The molecule has 0 saturated carbocycles. The zero-order valence-corrected chi connectivity index (χ0v) is 8.73. The highest BCUT2D eigenvalue weighted by Crippen LogP contribution is 2.11. The summed E-state index contributed by atoms with van der Waals surface area (Å²) in [7, 11) is 4.04. The number of furan rings is 1. The van der Waals surface area contributed by atoms with Crippen LogP contribution in [0.3, 0.4) is 0 Å². The van der Waals surface area contributed by atoms with Crippen LogP contribution in [0.25, 0.3) is 0 Å². The predicted molar refractivity (Wildman–Crippen MR) is 55.1 cm³/mol. The Hall–Kier alpha value is -0.840. The Kier molecular flexibility index (Phi) is 4.65. The quantitative estimate of drug-likeness (QED) is 0.652. The maximum absolute atomic E-state index is 9.60. The summed E-state index contributed by atoms with van der Waals surface area (Å²) in [6.07, 6.45) is 1.02. The van der Waals surface area contributed by atoms with Crippen molar-refractivity contribution in [3.8, 4) is 0 Å². The molecule has 0 aromatic carbocycles. The van der Waals surface area contributed by atoms with Crippen LogP contribution in [0.5, 0.6) is 0 Å². The Morgan fingerprint density at radius 3 is 2.93 bits per heavy atom. The van der Waals surface area contributed by atoms with Gasteiger partial charge in [0.2, 0.25) is 0 Å². The number of hydrogen-bond acceptors (Lipinski definition) is 4. The van der Waals surface area contributed by atoms with E-state index >= 15 is 0 Å². The number of aliphatic hydroxyl groups excluding tert-OH is 1. The van der Waals surface area contributed by atoms with E-state index in [1.807, 2.05) is 14.1 Å². The van der Waals surface area contributed by atoms with Crippen LogP contribution in [-0.2, 0) is 0 Å². The molecule has 2 N–H and O–H groups in total. The van der Waals surface area contributed by atoms with Crippen molar-refractivity contribution in [3.63, 3.8) is 0 Å². The van der Waals surface area contributed by atoms with Crippen LogP contribution in [0.2, 0.25) is 0 Å². The van der Waals surface area contributed by atoms with Crippen LogP contribution in [-0.4, -0.2) is 43.7 Å². The number of nitrogens with zero attached hydrogens (tertiary/aromatic N) is 1. The van der Waals surface area contributed by atoms with Crippen molar-refractivity contribution in [1.82, 2.24) is 10.2 Å². The summed E-state index contributed by atoms with van der Waals surface area (Å²) in [5.74, 6) is 0.613. The molecule has 0 radical (unpaired) electrons. The molecule has 0 spiro atoms. The average molecular weight is 198 g/mol. The summed E-state index contributed by atoms with van der Waals surface area (Å²) in [6, 6.07) is 3.55. The van der Waals surface area contributed by atoms with Gasteiger partial charge in [-0.25, -0.2) is 0 Å². The molecular weight excluding hydrogens is 180 g/mol. The van der Waals surface area contributed by atoms with Gasteiger partial charge in [0.05, 0.1) is 6.26 Å². The largest absolute Gasteiger partial charge is 0.467 e. The van der Waals surface area contributed by atoms with Gasteiger partial charge in [-0.3, -0.25) is 0 Å². The summed E-state index contributed by atoms with van der Waals surface area (Å²) in [5, 5.41) is 12.8. The fourth-order valence-corrected chi connectivity index (χ4v) is 1.12. The number of aliphatic hydroxyl groups is 1. The number of nitrogens with one attached hydrogen (secondary N) is 1. The van der Waals surface area contributed by atoms with Crippen molar-refractivity contribution >= 4 is 0 Å². The van der Waals surface area contributed by atoms with Crippen molar-refractivity contribution in [2.24, 2.45) is 0 Å².